The molecule has 2 atom stereocenters. The molecule has 0 aliphatic heterocycles. The highest BCUT2D eigenvalue weighted by Gasteiger charge is 2.29. The number of ether oxygens (including phenoxy) is 2. The predicted molar refractivity (Wildman–Crippen MR) is 112 cm³/mol. The van der Waals surface area contributed by atoms with Crippen LogP contribution in [0.1, 0.15) is 49.9 Å². The Labute approximate surface area is 177 Å². The lowest BCUT2D eigenvalue weighted by Gasteiger charge is -2.38. The van der Waals surface area contributed by atoms with E-state index in [1.807, 2.05) is 12.1 Å². The molecule has 2 unspecified atom stereocenters. The van der Waals surface area contributed by atoms with Crippen LogP contribution in [0.5, 0.6) is 11.5 Å². The lowest BCUT2D eigenvalue weighted by atomic mass is 9.84. The van der Waals surface area contributed by atoms with Crippen molar-refractivity contribution in [3.8, 4) is 11.5 Å². The predicted octanol–water partition coefficient (Wildman–Crippen LogP) is 2.96. The first kappa shape index (κ1) is 22.1. The van der Waals surface area contributed by atoms with E-state index in [0.29, 0.717) is 30.2 Å². The van der Waals surface area contributed by atoms with Crippen molar-refractivity contribution in [3.63, 3.8) is 0 Å². The fourth-order valence-corrected chi connectivity index (χ4v) is 4.17. The van der Waals surface area contributed by atoms with E-state index in [4.69, 9.17) is 14.0 Å². The van der Waals surface area contributed by atoms with Crippen molar-refractivity contribution in [3.05, 3.63) is 35.5 Å². The van der Waals surface area contributed by atoms with Crippen molar-refractivity contribution in [1.29, 1.82) is 0 Å². The molecule has 0 radical (unpaired) electrons. The molecule has 2 aromatic rings. The topological polar surface area (TPSA) is 89.7 Å². The second-order valence-corrected chi connectivity index (χ2v) is 7.88. The van der Waals surface area contributed by atoms with Gasteiger partial charge < -0.3 is 19.3 Å². The summed E-state index contributed by atoms with van der Waals surface area (Å²) in [5, 5.41) is 6.55. The van der Waals surface area contributed by atoms with Crippen molar-refractivity contribution < 1.29 is 18.8 Å². The number of benzene rings is 1. The van der Waals surface area contributed by atoms with Gasteiger partial charge >= 0.3 is 0 Å². The maximum absolute atomic E-state index is 11.6. The third kappa shape index (κ3) is 5.50. The van der Waals surface area contributed by atoms with E-state index in [9.17, 15) is 4.79 Å². The number of carbonyl (C=O) groups excluding carboxylic acids is 1. The van der Waals surface area contributed by atoms with Gasteiger partial charge in [0.2, 0.25) is 11.8 Å². The van der Waals surface area contributed by atoms with E-state index < -0.39 is 0 Å². The van der Waals surface area contributed by atoms with Gasteiger partial charge in [0.15, 0.2) is 17.3 Å². The quantitative estimate of drug-likeness (QED) is 0.672. The van der Waals surface area contributed by atoms with Crippen molar-refractivity contribution in [2.45, 2.75) is 58.2 Å². The maximum Gasteiger partial charge on any atom is 0.240 e. The molecule has 164 valence electrons. The number of methoxy groups -OCH3 is 2. The zero-order valence-electron chi connectivity index (χ0n) is 18.3. The first-order chi connectivity index (χ1) is 14.5. The molecule has 0 bridgehead atoms. The van der Waals surface area contributed by atoms with E-state index in [-0.39, 0.29) is 12.3 Å². The molecule has 1 fully saturated rings. The Morgan fingerprint density at radius 1 is 1.20 bits per heavy atom. The summed E-state index contributed by atoms with van der Waals surface area (Å²) in [7, 11) is 4.88. The van der Waals surface area contributed by atoms with E-state index in [2.05, 4.69) is 33.3 Å². The molecule has 1 N–H and O–H groups in total. The van der Waals surface area contributed by atoms with Gasteiger partial charge in [-0.05, 0) is 36.5 Å². The van der Waals surface area contributed by atoms with Crippen molar-refractivity contribution >= 4 is 5.91 Å². The SMILES string of the molecule is CNC(=O)Cc1noc(CN(Cc2ccc(OC)c(OC)c2)C2CCCCC2C)n1. The molecule has 1 saturated carbocycles. The van der Waals surface area contributed by atoms with Gasteiger partial charge in [0.05, 0.1) is 27.2 Å². The largest absolute Gasteiger partial charge is 0.493 e. The molecule has 8 heteroatoms. The lowest BCUT2D eigenvalue weighted by molar-refractivity contribution is -0.120. The number of nitrogens with one attached hydrogen (secondary N) is 1. The number of aromatic nitrogens is 2. The summed E-state index contributed by atoms with van der Waals surface area (Å²) < 4.78 is 16.3. The minimum atomic E-state index is -0.134. The molecule has 1 aromatic carbocycles. The average molecular weight is 417 g/mol. The van der Waals surface area contributed by atoms with Gasteiger partial charge in [0.1, 0.15) is 0 Å². The highest BCUT2D eigenvalue weighted by atomic mass is 16.5. The van der Waals surface area contributed by atoms with Crippen LogP contribution in [-0.4, -0.2) is 48.3 Å². The number of likely N-dealkylation sites (N-methyl/N-ethyl adjacent to an activating group) is 1. The molecule has 1 aliphatic carbocycles. The Hall–Kier alpha value is -2.61. The summed E-state index contributed by atoms with van der Waals surface area (Å²) in [4.78, 5) is 18.4. The van der Waals surface area contributed by atoms with Gasteiger partial charge in [-0.15, -0.1) is 0 Å². The second-order valence-electron chi connectivity index (χ2n) is 7.88. The Morgan fingerprint density at radius 2 is 1.97 bits per heavy atom. The van der Waals surface area contributed by atoms with E-state index in [1.54, 1.807) is 21.3 Å². The Balaban J connectivity index is 1.79. The summed E-state index contributed by atoms with van der Waals surface area (Å²) in [6, 6.07) is 6.45. The molecule has 8 nitrogen and oxygen atoms in total. The molecule has 3 rings (SSSR count). The molecule has 0 spiro atoms. The molecule has 30 heavy (non-hydrogen) atoms. The third-order valence-corrected chi connectivity index (χ3v) is 5.81. The first-order valence-corrected chi connectivity index (χ1v) is 10.5. The maximum atomic E-state index is 11.6. The van der Waals surface area contributed by atoms with Gasteiger partial charge in [-0.2, -0.15) is 4.98 Å². The molecular formula is C22H32N4O4. The highest BCUT2D eigenvalue weighted by Crippen LogP contribution is 2.32. The monoisotopic (exact) mass is 416 g/mol. The normalized spacial score (nSPS) is 19.0. The Kier molecular flexibility index (Phi) is 7.68. The van der Waals surface area contributed by atoms with Gasteiger partial charge in [0, 0.05) is 19.6 Å². The standard InChI is InChI=1S/C22H32N4O4/c1-15-7-5-6-8-17(15)26(13-16-9-10-18(28-3)19(11-16)29-4)14-22-24-20(25-30-22)12-21(27)23-2/h9-11,15,17H,5-8,12-14H2,1-4H3,(H,23,27). The Bertz CT molecular complexity index is 838. The van der Waals surface area contributed by atoms with Crippen LogP contribution in [0.3, 0.4) is 0 Å². The molecule has 1 amide bonds. The second kappa shape index (κ2) is 10.4. The number of nitrogens with zero attached hydrogens (tertiary/aromatic N) is 3. The van der Waals surface area contributed by atoms with Crippen LogP contribution in [0.2, 0.25) is 0 Å². The van der Waals surface area contributed by atoms with Gasteiger partial charge in [-0.1, -0.05) is 31.0 Å². The fraction of sp³-hybridized carbons (Fsp3) is 0.591. The van der Waals surface area contributed by atoms with Crippen LogP contribution in [-0.2, 0) is 24.3 Å². The summed E-state index contributed by atoms with van der Waals surface area (Å²) in [5.41, 5.74) is 1.13. The lowest BCUT2D eigenvalue weighted by Crippen LogP contribution is -2.40. The summed E-state index contributed by atoms with van der Waals surface area (Å²) in [6.07, 6.45) is 4.99. The minimum absolute atomic E-state index is 0.121. The molecule has 1 heterocycles. The van der Waals surface area contributed by atoms with E-state index in [0.717, 1.165) is 30.0 Å². The first-order valence-electron chi connectivity index (χ1n) is 10.5. The summed E-state index contributed by atoms with van der Waals surface area (Å²) in [5.74, 6) is 2.84. The summed E-state index contributed by atoms with van der Waals surface area (Å²) >= 11 is 0. The number of hydrogen-bond acceptors (Lipinski definition) is 7. The molecule has 0 saturated heterocycles. The number of carbonyl (C=O) groups is 1. The van der Waals surface area contributed by atoms with Crippen LogP contribution in [0.15, 0.2) is 22.7 Å². The van der Waals surface area contributed by atoms with Crippen LogP contribution >= 0.6 is 0 Å². The molecular weight excluding hydrogens is 384 g/mol. The number of rotatable bonds is 9. The minimum Gasteiger partial charge on any atom is -0.493 e. The third-order valence-electron chi connectivity index (χ3n) is 5.81. The van der Waals surface area contributed by atoms with E-state index in [1.165, 1.54) is 19.3 Å². The van der Waals surface area contributed by atoms with Crippen LogP contribution < -0.4 is 14.8 Å². The van der Waals surface area contributed by atoms with Crippen molar-refractivity contribution in [2.24, 2.45) is 5.92 Å². The smallest absolute Gasteiger partial charge is 0.240 e. The van der Waals surface area contributed by atoms with Crippen molar-refractivity contribution in [1.82, 2.24) is 20.4 Å². The zero-order chi connectivity index (χ0) is 21.5. The highest BCUT2D eigenvalue weighted by molar-refractivity contribution is 5.77. The van der Waals surface area contributed by atoms with Gasteiger partial charge in [-0.25, -0.2) is 0 Å². The summed E-state index contributed by atoms with van der Waals surface area (Å²) in [6.45, 7) is 3.60. The zero-order valence-corrected chi connectivity index (χ0v) is 18.3. The van der Waals surface area contributed by atoms with Crippen LogP contribution in [0.25, 0.3) is 0 Å². The van der Waals surface area contributed by atoms with Crippen LogP contribution in [0, 0.1) is 5.92 Å². The van der Waals surface area contributed by atoms with E-state index >= 15 is 0 Å². The average Bonchev–Trinajstić information content (AvgIpc) is 3.20. The fourth-order valence-electron chi connectivity index (χ4n) is 4.17. The molecule has 1 aromatic heterocycles. The molecule has 1 aliphatic rings. The van der Waals surface area contributed by atoms with Crippen LogP contribution in [0.4, 0.5) is 0 Å². The number of amides is 1. The Morgan fingerprint density at radius 3 is 2.67 bits per heavy atom. The number of hydrogen-bond donors (Lipinski definition) is 1. The van der Waals surface area contributed by atoms with Gasteiger partial charge in [0.25, 0.3) is 0 Å². The van der Waals surface area contributed by atoms with Gasteiger partial charge in [-0.3, -0.25) is 9.69 Å². The van der Waals surface area contributed by atoms with Crippen molar-refractivity contribution in [2.75, 3.05) is 21.3 Å².